The third kappa shape index (κ3) is 4.62. The van der Waals surface area contributed by atoms with Gasteiger partial charge in [-0.3, -0.25) is 0 Å². The zero-order chi connectivity index (χ0) is 22.9. The fourth-order valence-electron chi connectivity index (χ4n) is 3.14. The Morgan fingerprint density at radius 1 is 0.516 bits per heavy atom. The van der Waals surface area contributed by atoms with Crippen LogP contribution in [0.15, 0.2) is 84.9 Å². The number of halogens is 8. The van der Waals surface area contributed by atoms with Crippen LogP contribution in [0.2, 0.25) is 0 Å². The van der Waals surface area contributed by atoms with Crippen LogP contribution in [0.5, 0.6) is 0 Å². The maximum Gasteiger partial charge on any atom is 0.458 e. The normalized spacial score (nSPS) is 13.7. The standard InChI is InChI=1S/C23H14F8/c24-21(25,23(29,30)31)20(16-10-5-2-6-11-16)19(15-8-3-1-4-9-15)17-12-7-13-18(14-17)22(26,27)28/h1-14H/b20-19-. The summed E-state index contributed by atoms with van der Waals surface area (Å²) in [7, 11) is 0. The van der Waals surface area contributed by atoms with E-state index >= 15 is 0 Å². The first-order valence-electron chi connectivity index (χ1n) is 8.90. The molecule has 3 rings (SSSR count). The summed E-state index contributed by atoms with van der Waals surface area (Å²) in [6, 6.07) is 16.3. The average Bonchev–Trinajstić information content (AvgIpc) is 2.71. The minimum atomic E-state index is -5.97. The van der Waals surface area contributed by atoms with Gasteiger partial charge in [0.05, 0.1) is 5.56 Å². The van der Waals surface area contributed by atoms with Gasteiger partial charge < -0.3 is 0 Å². The van der Waals surface area contributed by atoms with E-state index in [1.54, 1.807) is 0 Å². The monoisotopic (exact) mass is 442 g/mol. The Kier molecular flexibility index (Phi) is 5.93. The number of hydrogen-bond acceptors (Lipinski definition) is 0. The SMILES string of the molecule is FC(F)(F)c1cccc(/C(=C(/c2ccccc2)C(F)(F)C(F)(F)F)c2ccccc2)c1. The predicted molar refractivity (Wildman–Crippen MR) is 101 cm³/mol. The van der Waals surface area contributed by atoms with Crippen molar-refractivity contribution >= 4 is 11.1 Å². The third-order valence-electron chi connectivity index (χ3n) is 4.52. The van der Waals surface area contributed by atoms with E-state index in [0.29, 0.717) is 6.07 Å². The second kappa shape index (κ2) is 8.17. The van der Waals surface area contributed by atoms with E-state index in [9.17, 15) is 35.1 Å². The lowest BCUT2D eigenvalue weighted by Gasteiger charge is -2.27. The van der Waals surface area contributed by atoms with E-state index < -0.39 is 46.1 Å². The number of benzene rings is 3. The zero-order valence-corrected chi connectivity index (χ0v) is 15.6. The first-order chi connectivity index (χ1) is 14.4. The molecule has 31 heavy (non-hydrogen) atoms. The van der Waals surface area contributed by atoms with E-state index in [2.05, 4.69) is 0 Å². The van der Waals surface area contributed by atoms with Gasteiger partial charge >= 0.3 is 18.3 Å². The van der Waals surface area contributed by atoms with Crippen LogP contribution in [-0.4, -0.2) is 12.1 Å². The number of rotatable bonds is 4. The van der Waals surface area contributed by atoms with Gasteiger partial charge in [-0.2, -0.15) is 35.1 Å². The summed E-state index contributed by atoms with van der Waals surface area (Å²) < 4.78 is 110. The quantitative estimate of drug-likeness (QED) is 0.285. The molecule has 0 atom stereocenters. The van der Waals surface area contributed by atoms with Gasteiger partial charge in [0.25, 0.3) is 0 Å². The van der Waals surface area contributed by atoms with Crippen molar-refractivity contribution in [1.82, 2.24) is 0 Å². The molecule has 0 saturated heterocycles. The molecule has 0 spiro atoms. The van der Waals surface area contributed by atoms with Gasteiger partial charge in [-0.05, 0) is 34.4 Å². The average molecular weight is 442 g/mol. The summed E-state index contributed by atoms with van der Waals surface area (Å²) in [5.41, 5.74) is -4.18. The molecule has 0 nitrogen and oxygen atoms in total. The molecule has 162 valence electrons. The molecule has 0 aromatic heterocycles. The molecule has 8 heteroatoms. The molecular weight excluding hydrogens is 428 g/mol. The second-order valence-electron chi connectivity index (χ2n) is 6.63. The molecule has 0 unspecified atom stereocenters. The predicted octanol–water partition coefficient (Wildman–Crippen LogP) is 7.86. The fraction of sp³-hybridized carbons (Fsp3) is 0.130. The van der Waals surface area contributed by atoms with Crippen molar-refractivity contribution in [3.63, 3.8) is 0 Å². The van der Waals surface area contributed by atoms with Crippen molar-refractivity contribution in [3.8, 4) is 0 Å². The number of hydrogen-bond donors (Lipinski definition) is 0. The van der Waals surface area contributed by atoms with Gasteiger partial charge in [0.1, 0.15) is 0 Å². The van der Waals surface area contributed by atoms with Crippen LogP contribution in [-0.2, 0) is 6.18 Å². The van der Waals surface area contributed by atoms with Crippen LogP contribution in [0.4, 0.5) is 35.1 Å². The topological polar surface area (TPSA) is 0 Å². The first kappa shape index (κ1) is 22.5. The maximum atomic E-state index is 14.8. The molecular formula is C23H14F8. The lowest BCUT2D eigenvalue weighted by molar-refractivity contribution is -0.253. The molecule has 0 saturated carbocycles. The molecule has 3 aromatic rings. The fourth-order valence-corrected chi connectivity index (χ4v) is 3.14. The molecule has 0 bridgehead atoms. The Morgan fingerprint density at radius 3 is 1.48 bits per heavy atom. The Balaban J connectivity index is 2.47. The van der Waals surface area contributed by atoms with Crippen LogP contribution in [0.3, 0.4) is 0 Å². The molecule has 0 amide bonds. The highest BCUT2D eigenvalue weighted by molar-refractivity contribution is 6.01. The van der Waals surface area contributed by atoms with Gasteiger partial charge in [-0.1, -0.05) is 72.8 Å². The molecule has 0 N–H and O–H groups in total. The Hall–Kier alpha value is -3.16. The maximum absolute atomic E-state index is 14.8. The second-order valence-corrected chi connectivity index (χ2v) is 6.63. The van der Waals surface area contributed by atoms with Crippen LogP contribution < -0.4 is 0 Å². The third-order valence-corrected chi connectivity index (χ3v) is 4.52. The lowest BCUT2D eigenvalue weighted by Crippen LogP contribution is -2.38. The number of allylic oxidation sites excluding steroid dienone is 1. The van der Waals surface area contributed by atoms with Gasteiger partial charge in [0, 0.05) is 5.57 Å². The first-order valence-corrected chi connectivity index (χ1v) is 8.90. The van der Waals surface area contributed by atoms with Crippen LogP contribution in [0, 0.1) is 0 Å². The van der Waals surface area contributed by atoms with Gasteiger partial charge in [0.15, 0.2) is 0 Å². The summed E-state index contributed by atoms with van der Waals surface area (Å²) >= 11 is 0. The smallest absolute Gasteiger partial charge is 0.191 e. The van der Waals surface area contributed by atoms with Gasteiger partial charge in [0.2, 0.25) is 0 Å². The van der Waals surface area contributed by atoms with Gasteiger partial charge in [-0.25, -0.2) is 0 Å². The van der Waals surface area contributed by atoms with E-state index in [4.69, 9.17) is 0 Å². The van der Waals surface area contributed by atoms with Crippen molar-refractivity contribution in [3.05, 3.63) is 107 Å². The van der Waals surface area contributed by atoms with Crippen molar-refractivity contribution in [2.75, 3.05) is 0 Å². The Morgan fingerprint density at radius 2 is 1.00 bits per heavy atom. The molecule has 0 radical (unpaired) electrons. The molecule has 0 fully saturated rings. The highest BCUT2D eigenvalue weighted by Crippen LogP contribution is 2.50. The van der Waals surface area contributed by atoms with E-state index in [1.807, 2.05) is 0 Å². The van der Waals surface area contributed by atoms with Crippen LogP contribution in [0.25, 0.3) is 11.1 Å². The highest BCUT2D eigenvalue weighted by Gasteiger charge is 2.61. The van der Waals surface area contributed by atoms with Crippen LogP contribution >= 0.6 is 0 Å². The summed E-state index contributed by atoms with van der Waals surface area (Å²) in [4.78, 5) is 0. The summed E-state index contributed by atoms with van der Waals surface area (Å²) in [6.07, 6.45) is -10.8. The summed E-state index contributed by atoms with van der Waals surface area (Å²) in [6.45, 7) is 0. The minimum Gasteiger partial charge on any atom is -0.191 e. The minimum absolute atomic E-state index is 0.0791. The largest absolute Gasteiger partial charge is 0.458 e. The van der Waals surface area contributed by atoms with Gasteiger partial charge in [-0.15, -0.1) is 0 Å². The van der Waals surface area contributed by atoms with E-state index in [-0.39, 0.29) is 5.56 Å². The molecule has 0 aliphatic carbocycles. The number of alkyl halides is 8. The molecule has 0 aliphatic heterocycles. The summed E-state index contributed by atoms with van der Waals surface area (Å²) in [5.74, 6) is -5.34. The van der Waals surface area contributed by atoms with Crippen LogP contribution in [0.1, 0.15) is 22.3 Å². The van der Waals surface area contributed by atoms with E-state index in [1.165, 1.54) is 48.5 Å². The van der Waals surface area contributed by atoms with Crippen molar-refractivity contribution in [2.24, 2.45) is 0 Å². The Labute approximate surface area is 172 Å². The van der Waals surface area contributed by atoms with Crippen molar-refractivity contribution < 1.29 is 35.1 Å². The summed E-state index contributed by atoms with van der Waals surface area (Å²) in [5, 5.41) is 0. The Bertz CT molecular complexity index is 1060. The zero-order valence-electron chi connectivity index (χ0n) is 15.6. The van der Waals surface area contributed by atoms with Crippen molar-refractivity contribution in [2.45, 2.75) is 18.3 Å². The molecule has 0 heterocycles. The molecule has 3 aromatic carbocycles. The molecule has 0 aliphatic rings. The van der Waals surface area contributed by atoms with E-state index in [0.717, 1.165) is 30.3 Å². The van der Waals surface area contributed by atoms with Crippen molar-refractivity contribution in [1.29, 1.82) is 0 Å². The lowest BCUT2D eigenvalue weighted by atomic mass is 9.85. The highest BCUT2D eigenvalue weighted by atomic mass is 19.4.